The molecule has 0 bridgehead atoms. The number of ether oxygens (including phenoxy) is 1. The smallest absolute Gasteiger partial charge is 0.227 e. The molecule has 1 saturated heterocycles. The molecule has 0 radical (unpaired) electrons. The van der Waals surface area contributed by atoms with Crippen molar-refractivity contribution in [3.8, 4) is 0 Å². The third-order valence-electron chi connectivity index (χ3n) is 3.41. The Morgan fingerprint density at radius 2 is 2.10 bits per heavy atom. The molecule has 0 atom stereocenters. The second-order valence-electron chi connectivity index (χ2n) is 4.85. The van der Waals surface area contributed by atoms with Gasteiger partial charge in [0, 0.05) is 44.7 Å². The summed E-state index contributed by atoms with van der Waals surface area (Å²) in [7, 11) is 1.67. The van der Waals surface area contributed by atoms with Crippen molar-refractivity contribution in [2.45, 2.75) is 6.42 Å². The van der Waals surface area contributed by atoms with Gasteiger partial charge in [0.05, 0.1) is 13.0 Å². The quantitative estimate of drug-likeness (QED) is 0.645. The van der Waals surface area contributed by atoms with Crippen molar-refractivity contribution in [1.82, 2.24) is 15.1 Å². The molecule has 116 valence electrons. The van der Waals surface area contributed by atoms with Crippen molar-refractivity contribution in [3.05, 3.63) is 22.4 Å². The number of nitrogens with one attached hydrogen (secondary N) is 1. The molecule has 1 amide bonds. The lowest BCUT2D eigenvalue weighted by Crippen LogP contribution is -2.53. The van der Waals surface area contributed by atoms with E-state index in [-0.39, 0.29) is 5.91 Å². The van der Waals surface area contributed by atoms with Crippen molar-refractivity contribution < 1.29 is 9.53 Å². The molecule has 0 spiro atoms. The molecular weight excluding hydrogens is 306 g/mol. The van der Waals surface area contributed by atoms with Gasteiger partial charge in [0.25, 0.3) is 0 Å². The van der Waals surface area contributed by atoms with Crippen LogP contribution in [0.15, 0.2) is 17.5 Å². The standard InChI is InChI=1S/C14H21N3O2S2/c1-19-9-4-15-14(20)17-7-5-16(6-8-17)13(18)11-12-3-2-10-21-12/h2-3,10H,4-9,11H2,1H3,(H,15,20). The molecule has 1 N–H and O–H groups in total. The van der Waals surface area contributed by atoms with E-state index in [0.717, 1.165) is 36.2 Å². The number of thiocarbonyl (C=S) groups is 1. The van der Waals surface area contributed by atoms with Gasteiger partial charge in [-0.2, -0.15) is 0 Å². The van der Waals surface area contributed by atoms with Gasteiger partial charge in [0.2, 0.25) is 5.91 Å². The monoisotopic (exact) mass is 327 g/mol. The van der Waals surface area contributed by atoms with Gasteiger partial charge < -0.3 is 19.9 Å². The molecule has 1 aliphatic rings. The number of nitrogens with zero attached hydrogens (tertiary/aromatic N) is 2. The molecule has 0 aliphatic carbocycles. The van der Waals surface area contributed by atoms with Gasteiger partial charge in [-0.25, -0.2) is 0 Å². The van der Waals surface area contributed by atoms with E-state index >= 15 is 0 Å². The zero-order chi connectivity index (χ0) is 15.1. The first-order valence-electron chi connectivity index (χ1n) is 7.02. The van der Waals surface area contributed by atoms with E-state index in [1.165, 1.54) is 0 Å². The Morgan fingerprint density at radius 1 is 1.38 bits per heavy atom. The zero-order valence-electron chi connectivity index (χ0n) is 12.2. The summed E-state index contributed by atoms with van der Waals surface area (Å²) in [5.74, 6) is 0.204. The summed E-state index contributed by atoms with van der Waals surface area (Å²) >= 11 is 6.97. The van der Waals surface area contributed by atoms with Crippen LogP contribution >= 0.6 is 23.6 Å². The Labute approximate surface area is 134 Å². The summed E-state index contributed by atoms with van der Waals surface area (Å²) in [6, 6.07) is 3.99. The van der Waals surface area contributed by atoms with E-state index in [1.807, 2.05) is 22.4 Å². The summed E-state index contributed by atoms with van der Waals surface area (Å²) in [5, 5.41) is 5.92. The van der Waals surface area contributed by atoms with Crippen LogP contribution in [0.1, 0.15) is 4.88 Å². The number of rotatable bonds is 5. The molecule has 0 aromatic carbocycles. The predicted molar refractivity (Wildman–Crippen MR) is 88.7 cm³/mol. The lowest BCUT2D eigenvalue weighted by molar-refractivity contribution is -0.131. The van der Waals surface area contributed by atoms with Crippen molar-refractivity contribution in [2.75, 3.05) is 46.4 Å². The minimum Gasteiger partial charge on any atom is -0.383 e. The van der Waals surface area contributed by atoms with Gasteiger partial charge in [0.1, 0.15) is 0 Å². The van der Waals surface area contributed by atoms with E-state index in [4.69, 9.17) is 17.0 Å². The van der Waals surface area contributed by atoms with Crippen LogP contribution < -0.4 is 5.32 Å². The minimum atomic E-state index is 0.204. The van der Waals surface area contributed by atoms with Gasteiger partial charge >= 0.3 is 0 Å². The highest BCUT2D eigenvalue weighted by atomic mass is 32.1. The summed E-state index contributed by atoms with van der Waals surface area (Å²) in [6.45, 7) is 4.39. The van der Waals surface area contributed by atoms with Crippen LogP contribution in [0, 0.1) is 0 Å². The predicted octanol–water partition coefficient (Wildman–Crippen LogP) is 0.956. The van der Waals surface area contributed by atoms with E-state index in [9.17, 15) is 4.79 Å². The van der Waals surface area contributed by atoms with Gasteiger partial charge in [-0.15, -0.1) is 11.3 Å². The first kappa shape index (κ1) is 16.2. The molecular formula is C14H21N3O2S2. The van der Waals surface area contributed by atoms with Crippen LogP contribution in [0.3, 0.4) is 0 Å². The normalized spacial score (nSPS) is 15.1. The van der Waals surface area contributed by atoms with Crippen molar-refractivity contribution in [2.24, 2.45) is 0 Å². The molecule has 1 aromatic rings. The minimum absolute atomic E-state index is 0.204. The second kappa shape index (κ2) is 8.31. The summed E-state index contributed by atoms with van der Waals surface area (Å²) in [5.41, 5.74) is 0. The van der Waals surface area contributed by atoms with Crippen molar-refractivity contribution in [1.29, 1.82) is 0 Å². The van der Waals surface area contributed by atoms with Crippen molar-refractivity contribution in [3.63, 3.8) is 0 Å². The highest BCUT2D eigenvalue weighted by molar-refractivity contribution is 7.80. The van der Waals surface area contributed by atoms with E-state index in [0.29, 0.717) is 19.6 Å². The first-order chi connectivity index (χ1) is 10.2. The van der Waals surface area contributed by atoms with Crippen LogP contribution in [-0.2, 0) is 16.0 Å². The number of carbonyl (C=O) groups is 1. The van der Waals surface area contributed by atoms with E-state index in [2.05, 4.69) is 10.2 Å². The second-order valence-corrected chi connectivity index (χ2v) is 6.27. The average Bonchev–Trinajstić information content (AvgIpc) is 3.00. The van der Waals surface area contributed by atoms with Gasteiger partial charge in [-0.3, -0.25) is 4.79 Å². The third kappa shape index (κ3) is 4.94. The van der Waals surface area contributed by atoms with Crippen LogP contribution in [0.5, 0.6) is 0 Å². The molecule has 1 fully saturated rings. The molecule has 0 unspecified atom stereocenters. The Hall–Kier alpha value is -1.18. The largest absolute Gasteiger partial charge is 0.383 e. The molecule has 1 aliphatic heterocycles. The summed E-state index contributed by atoms with van der Waals surface area (Å²) in [4.78, 5) is 17.4. The van der Waals surface area contributed by atoms with Gasteiger partial charge in [-0.05, 0) is 23.7 Å². The highest BCUT2D eigenvalue weighted by Gasteiger charge is 2.22. The average molecular weight is 327 g/mol. The number of amides is 1. The Kier molecular flexibility index (Phi) is 6.41. The van der Waals surface area contributed by atoms with Crippen LogP contribution in [0.2, 0.25) is 0 Å². The first-order valence-corrected chi connectivity index (χ1v) is 8.31. The van der Waals surface area contributed by atoms with Gasteiger partial charge in [-0.1, -0.05) is 6.07 Å². The van der Waals surface area contributed by atoms with Crippen LogP contribution in [0.4, 0.5) is 0 Å². The molecule has 7 heteroatoms. The topological polar surface area (TPSA) is 44.8 Å². The molecule has 2 rings (SSSR count). The lowest BCUT2D eigenvalue weighted by atomic mass is 10.2. The summed E-state index contributed by atoms with van der Waals surface area (Å²) in [6.07, 6.45) is 0.508. The number of hydrogen-bond acceptors (Lipinski definition) is 4. The third-order valence-corrected chi connectivity index (χ3v) is 4.69. The maximum absolute atomic E-state index is 12.2. The highest BCUT2D eigenvalue weighted by Crippen LogP contribution is 2.12. The fraction of sp³-hybridized carbons (Fsp3) is 0.571. The zero-order valence-corrected chi connectivity index (χ0v) is 13.8. The molecule has 5 nitrogen and oxygen atoms in total. The maximum atomic E-state index is 12.2. The van der Waals surface area contributed by atoms with Crippen LogP contribution in [-0.4, -0.2) is 67.3 Å². The molecule has 2 heterocycles. The van der Waals surface area contributed by atoms with Crippen molar-refractivity contribution >= 4 is 34.6 Å². The lowest BCUT2D eigenvalue weighted by Gasteiger charge is -2.36. The fourth-order valence-electron chi connectivity index (χ4n) is 2.20. The van der Waals surface area contributed by atoms with Crippen LogP contribution in [0.25, 0.3) is 0 Å². The number of thiophene rings is 1. The summed E-state index contributed by atoms with van der Waals surface area (Å²) < 4.78 is 4.99. The maximum Gasteiger partial charge on any atom is 0.227 e. The SMILES string of the molecule is COCCNC(=S)N1CCN(C(=O)Cc2cccs2)CC1. The Balaban J connectivity index is 1.72. The van der Waals surface area contributed by atoms with Gasteiger partial charge in [0.15, 0.2) is 5.11 Å². The number of hydrogen-bond donors (Lipinski definition) is 1. The Morgan fingerprint density at radius 3 is 2.71 bits per heavy atom. The number of piperazine rings is 1. The number of carbonyl (C=O) groups excluding carboxylic acids is 1. The fourth-order valence-corrected chi connectivity index (χ4v) is 3.19. The van der Waals surface area contributed by atoms with E-state index in [1.54, 1.807) is 18.4 Å². The molecule has 0 saturated carbocycles. The Bertz CT molecular complexity index is 457. The van der Waals surface area contributed by atoms with E-state index < -0.39 is 0 Å². The molecule has 21 heavy (non-hydrogen) atoms. The number of methoxy groups -OCH3 is 1. The molecule has 1 aromatic heterocycles.